The maximum absolute atomic E-state index is 12.6. The molecular formula is C27H27N5O2. The number of benzene rings is 3. The number of para-hydroxylation sites is 2. The van der Waals surface area contributed by atoms with E-state index in [1.807, 2.05) is 42.5 Å². The van der Waals surface area contributed by atoms with Gasteiger partial charge < -0.3 is 10.2 Å². The van der Waals surface area contributed by atoms with Crippen molar-refractivity contribution in [3.05, 3.63) is 101 Å². The van der Waals surface area contributed by atoms with Gasteiger partial charge in [0.2, 0.25) is 5.91 Å². The third-order valence-electron chi connectivity index (χ3n) is 6.19. The molecule has 0 radical (unpaired) electrons. The fourth-order valence-corrected chi connectivity index (χ4v) is 4.38. The van der Waals surface area contributed by atoms with E-state index in [1.165, 1.54) is 16.3 Å². The van der Waals surface area contributed by atoms with E-state index in [4.69, 9.17) is 0 Å². The molecule has 0 bridgehead atoms. The van der Waals surface area contributed by atoms with Crippen LogP contribution in [0.4, 0.5) is 11.4 Å². The minimum absolute atomic E-state index is 0.0625. The summed E-state index contributed by atoms with van der Waals surface area (Å²) in [5, 5.41) is 2.90. The van der Waals surface area contributed by atoms with Crippen LogP contribution in [0.1, 0.15) is 5.56 Å². The molecule has 2 heterocycles. The number of nitrogens with one attached hydrogen (secondary N) is 1. The Kier molecular flexibility index (Phi) is 6.35. The number of fused-ring (bicyclic) bond motifs is 1. The molecule has 3 aromatic carbocycles. The van der Waals surface area contributed by atoms with Gasteiger partial charge in [0.25, 0.3) is 5.56 Å². The largest absolute Gasteiger partial charge is 0.369 e. The lowest BCUT2D eigenvalue weighted by Crippen LogP contribution is -2.45. The predicted molar refractivity (Wildman–Crippen MR) is 135 cm³/mol. The monoisotopic (exact) mass is 453 g/mol. The van der Waals surface area contributed by atoms with Gasteiger partial charge in [0.15, 0.2) is 0 Å². The van der Waals surface area contributed by atoms with E-state index < -0.39 is 0 Å². The average Bonchev–Trinajstić information content (AvgIpc) is 2.87. The molecule has 0 saturated carbocycles. The highest BCUT2D eigenvalue weighted by Crippen LogP contribution is 2.20. The zero-order chi connectivity index (χ0) is 23.3. The lowest BCUT2D eigenvalue weighted by molar-refractivity contribution is -0.116. The van der Waals surface area contributed by atoms with Crippen molar-refractivity contribution >= 4 is 28.3 Å². The quantitative estimate of drug-likeness (QED) is 0.485. The number of amides is 1. The van der Waals surface area contributed by atoms with Crippen LogP contribution >= 0.6 is 0 Å². The van der Waals surface area contributed by atoms with E-state index >= 15 is 0 Å². The second-order valence-electron chi connectivity index (χ2n) is 8.52. The van der Waals surface area contributed by atoms with Crippen LogP contribution in [0.5, 0.6) is 0 Å². The van der Waals surface area contributed by atoms with E-state index in [9.17, 15) is 9.59 Å². The molecule has 1 N–H and O–H groups in total. The smallest absolute Gasteiger partial charge is 0.269 e. The first kappa shape index (κ1) is 21.9. The van der Waals surface area contributed by atoms with Gasteiger partial charge in [0.05, 0.1) is 17.2 Å². The predicted octanol–water partition coefficient (Wildman–Crippen LogP) is 3.36. The Bertz CT molecular complexity index is 1330. The Morgan fingerprint density at radius 1 is 0.853 bits per heavy atom. The third kappa shape index (κ3) is 5.00. The van der Waals surface area contributed by atoms with Crippen molar-refractivity contribution < 1.29 is 4.79 Å². The van der Waals surface area contributed by atoms with Crippen molar-refractivity contribution in [3.8, 4) is 0 Å². The van der Waals surface area contributed by atoms with Crippen molar-refractivity contribution in [2.45, 2.75) is 13.1 Å². The maximum Gasteiger partial charge on any atom is 0.269 e. The Labute approximate surface area is 198 Å². The summed E-state index contributed by atoms with van der Waals surface area (Å²) in [6.45, 7) is 4.89. The molecule has 1 saturated heterocycles. The molecular weight excluding hydrogens is 426 g/mol. The molecule has 4 aromatic rings. The highest BCUT2D eigenvalue weighted by molar-refractivity contribution is 5.91. The SMILES string of the molecule is O=C(Cn1c(=O)cnc2ccccc21)Nc1ccc(N2CCN(Cc3ccccc3)CC2)cc1. The van der Waals surface area contributed by atoms with Gasteiger partial charge in [-0.3, -0.25) is 19.1 Å². The van der Waals surface area contributed by atoms with Crippen molar-refractivity contribution in [2.75, 3.05) is 36.4 Å². The van der Waals surface area contributed by atoms with E-state index in [0.29, 0.717) is 16.7 Å². The molecule has 0 spiro atoms. The summed E-state index contributed by atoms with van der Waals surface area (Å²) < 4.78 is 1.45. The average molecular weight is 454 g/mol. The van der Waals surface area contributed by atoms with Crippen LogP contribution in [-0.2, 0) is 17.9 Å². The van der Waals surface area contributed by atoms with Crippen molar-refractivity contribution in [2.24, 2.45) is 0 Å². The number of aromatic nitrogens is 2. The Morgan fingerprint density at radius 3 is 2.32 bits per heavy atom. The van der Waals surface area contributed by atoms with Gasteiger partial charge in [-0.2, -0.15) is 0 Å². The standard InChI is InChI=1S/C27H27N5O2/c33-26(20-32-25-9-5-4-8-24(25)28-18-27(32)34)29-22-10-12-23(13-11-22)31-16-14-30(15-17-31)19-21-6-2-1-3-7-21/h1-13,18H,14-17,19-20H2,(H,29,33). The summed E-state index contributed by atoms with van der Waals surface area (Å²) in [6.07, 6.45) is 1.25. The molecule has 0 unspecified atom stereocenters. The molecule has 0 aliphatic carbocycles. The van der Waals surface area contributed by atoms with Crippen molar-refractivity contribution in [1.29, 1.82) is 0 Å². The van der Waals surface area contributed by atoms with Gasteiger partial charge in [0, 0.05) is 44.1 Å². The van der Waals surface area contributed by atoms with Crippen LogP contribution in [0.15, 0.2) is 89.9 Å². The van der Waals surface area contributed by atoms with Gasteiger partial charge >= 0.3 is 0 Å². The van der Waals surface area contributed by atoms with Crippen LogP contribution in [0.2, 0.25) is 0 Å². The van der Waals surface area contributed by atoms with Crippen molar-refractivity contribution in [1.82, 2.24) is 14.5 Å². The molecule has 1 aromatic heterocycles. The molecule has 0 atom stereocenters. The van der Waals surface area contributed by atoms with E-state index in [-0.39, 0.29) is 18.0 Å². The van der Waals surface area contributed by atoms with E-state index in [0.717, 1.165) is 38.4 Å². The summed E-state index contributed by atoms with van der Waals surface area (Å²) in [7, 11) is 0. The fraction of sp³-hybridized carbons (Fsp3) is 0.222. The number of carbonyl (C=O) groups excluding carboxylic acids is 1. The van der Waals surface area contributed by atoms with Gasteiger partial charge in [-0.15, -0.1) is 0 Å². The number of hydrogen-bond donors (Lipinski definition) is 1. The normalized spacial score (nSPS) is 14.3. The van der Waals surface area contributed by atoms with Crippen LogP contribution in [-0.4, -0.2) is 46.5 Å². The Balaban J connectivity index is 1.17. The molecule has 1 fully saturated rings. The first-order valence-electron chi connectivity index (χ1n) is 11.5. The number of hydrogen-bond acceptors (Lipinski definition) is 5. The summed E-state index contributed by atoms with van der Waals surface area (Å²) in [6, 6.07) is 25.8. The fourth-order valence-electron chi connectivity index (χ4n) is 4.38. The first-order chi connectivity index (χ1) is 16.7. The van der Waals surface area contributed by atoms with Gasteiger partial charge in [-0.1, -0.05) is 42.5 Å². The van der Waals surface area contributed by atoms with Gasteiger partial charge in [-0.05, 0) is 42.0 Å². The molecule has 7 nitrogen and oxygen atoms in total. The molecule has 5 rings (SSSR count). The third-order valence-corrected chi connectivity index (χ3v) is 6.19. The Morgan fingerprint density at radius 2 is 1.56 bits per heavy atom. The van der Waals surface area contributed by atoms with Crippen LogP contribution in [0, 0.1) is 0 Å². The minimum atomic E-state index is -0.296. The summed E-state index contributed by atoms with van der Waals surface area (Å²) >= 11 is 0. The number of nitrogens with zero attached hydrogens (tertiary/aromatic N) is 4. The molecule has 1 aliphatic rings. The second-order valence-corrected chi connectivity index (χ2v) is 8.52. The highest BCUT2D eigenvalue weighted by atomic mass is 16.2. The van der Waals surface area contributed by atoms with Gasteiger partial charge in [-0.25, -0.2) is 4.98 Å². The number of piperazine rings is 1. The summed E-state index contributed by atoms with van der Waals surface area (Å²) in [4.78, 5) is 33.9. The molecule has 172 valence electrons. The molecule has 1 amide bonds. The van der Waals surface area contributed by atoms with Crippen LogP contribution < -0.4 is 15.8 Å². The van der Waals surface area contributed by atoms with Gasteiger partial charge in [0.1, 0.15) is 6.54 Å². The lowest BCUT2D eigenvalue weighted by Gasteiger charge is -2.36. The van der Waals surface area contributed by atoms with E-state index in [1.54, 1.807) is 6.07 Å². The summed E-state index contributed by atoms with van der Waals surface area (Å²) in [5.41, 5.74) is 4.24. The van der Waals surface area contributed by atoms with E-state index in [2.05, 4.69) is 50.4 Å². The van der Waals surface area contributed by atoms with Crippen LogP contribution in [0.3, 0.4) is 0 Å². The highest BCUT2D eigenvalue weighted by Gasteiger charge is 2.17. The first-order valence-corrected chi connectivity index (χ1v) is 11.5. The minimum Gasteiger partial charge on any atom is -0.369 e. The Hall–Kier alpha value is -3.97. The zero-order valence-electron chi connectivity index (χ0n) is 18.9. The summed E-state index contributed by atoms with van der Waals surface area (Å²) in [5.74, 6) is -0.249. The van der Waals surface area contributed by atoms with Crippen LogP contribution in [0.25, 0.3) is 11.0 Å². The number of carbonyl (C=O) groups is 1. The van der Waals surface area contributed by atoms with Crippen molar-refractivity contribution in [3.63, 3.8) is 0 Å². The number of rotatable bonds is 6. The maximum atomic E-state index is 12.6. The molecule has 34 heavy (non-hydrogen) atoms. The number of anilines is 2. The second kappa shape index (κ2) is 9.89. The lowest BCUT2D eigenvalue weighted by atomic mass is 10.2. The molecule has 1 aliphatic heterocycles. The molecule has 7 heteroatoms. The topological polar surface area (TPSA) is 70.5 Å². The zero-order valence-corrected chi connectivity index (χ0v) is 18.9.